The molecule has 2 heterocycles. The highest BCUT2D eigenvalue weighted by Gasteiger charge is 2.40. The molecule has 3 aliphatic rings. The molecule has 0 radical (unpaired) electrons. The molecule has 63 heavy (non-hydrogen) atoms. The van der Waals surface area contributed by atoms with Gasteiger partial charge in [-0.15, -0.1) is 0 Å². The van der Waals surface area contributed by atoms with E-state index in [1.54, 1.807) is 0 Å². The van der Waals surface area contributed by atoms with E-state index in [0.29, 0.717) is 32.1 Å². The van der Waals surface area contributed by atoms with Gasteiger partial charge in [0.2, 0.25) is 41.4 Å². The van der Waals surface area contributed by atoms with E-state index < -0.39 is 77.6 Å². The molecule has 0 bridgehead atoms. The Balaban J connectivity index is 1.45. The number of aryl methyl sites for hydroxylation is 1. The van der Waals surface area contributed by atoms with Crippen molar-refractivity contribution >= 4 is 47.3 Å². The Morgan fingerprint density at radius 1 is 0.746 bits per heavy atom. The number of aliphatic imine (C=N–C) groups is 1. The van der Waals surface area contributed by atoms with Crippen LogP contribution in [0.5, 0.6) is 0 Å². The molecule has 0 spiro atoms. The first kappa shape index (κ1) is 48.0. The number of carbonyl (C=O) groups excluding carboxylic acids is 7. The standard InChI is InChI=1S/C46H66N10O7/c1-30(57)51-37(28-32-16-7-3-8-17-32)42(60)54-36-21-12-25-49-40(58)34(20-11-26-50-46(47)48)52-41(59)35(24-23-31-14-5-2-6-15-31)53-43(61)38(29-33-18-9-4-10-19-33)55-44(62)39-22-13-27-56(39)45(36)63/h2-3,5-8,14-17,33-39H,4,9-13,18-29H2,1H3,(H,49,58)(H,51,57)(H,52,59)(H,53,61)(H,54,60)(H,55,62)(H4,47,48,50)/t34-,35+,36-,37-,38-,39-/m0/s1. The molecule has 1 saturated carbocycles. The van der Waals surface area contributed by atoms with Gasteiger partial charge in [0, 0.05) is 33.0 Å². The topological polar surface area (TPSA) is 259 Å². The van der Waals surface area contributed by atoms with Gasteiger partial charge in [0.05, 0.1) is 0 Å². The van der Waals surface area contributed by atoms with Gasteiger partial charge >= 0.3 is 0 Å². The molecule has 0 aromatic heterocycles. The maximum atomic E-state index is 14.5. The third-order valence-corrected chi connectivity index (χ3v) is 12.1. The lowest BCUT2D eigenvalue weighted by atomic mass is 9.84. The first-order valence-corrected chi connectivity index (χ1v) is 22.6. The van der Waals surface area contributed by atoms with E-state index in [0.717, 1.165) is 43.2 Å². The Hall–Kier alpha value is -6.00. The Kier molecular flexibility index (Phi) is 18.8. The Morgan fingerprint density at radius 2 is 1.38 bits per heavy atom. The summed E-state index contributed by atoms with van der Waals surface area (Å²) in [5.74, 6) is -3.46. The van der Waals surface area contributed by atoms with Crippen molar-refractivity contribution in [3.8, 4) is 0 Å². The number of nitrogens with two attached hydrogens (primary N) is 2. The fourth-order valence-electron chi connectivity index (χ4n) is 8.78. The van der Waals surface area contributed by atoms with Crippen LogP contribution in [0.4, 0.5) is 0 Å². The number of benzene rings is 2. The zero-order chi connectivity index (χ0) is 45.1. The maximum absolute atomic E-state index is 14.5. The first-order chi connectivity index (χ1) is 30.4. The molecule has 17 nitrogen and oxygen atoms in total. The summed E-state index contributed by atoms with van der Waals surface area (Å²) in [6.07, 6.45) is 7.83. The normalized spacial score (nSPS) is 23.7. The minimum absolute atomic E-state index is 0.0822. The van der Waals surface area contributed by atoms with Gasteiger partial charge in [0.25, 0.3) is 0 Å². The predicted molar refractivity (Wildman–Crippen MR) is 238 cm³/mol. The predicted octanol–water partition coefficient (Wildman–Crippen LogP) is 1.23. The lowest BCUT2D eigenvalue weighted by Crippen LogP contribution is -2.60. The Bertz CT molecular complexity index is 1890. The van der Waals surface area contributed by atoms with Crippen molar-refractivity contribution in [3.63, 3.8) is 0 Å². The highest BCUT2D eigenvalue weighted by molar-refractivity contribution is 5.97. The van der Waals surface area contributed by atoms with Gasteiger partial charge in [-0.3, -0.25) is 38.6 Å². The van der Waals surface area contributed by atoms with E-state index in [1.165, 1.54) is 11.8 Å². The molecule has 342 valence electrons. The van der Waals surface area contributed by atoms with Crippen molar-refractivity contribution < 1.29 is 33.6 Å². The summed E-state index contributed by atoms with van der Waals surface area (Å²) in [7, 11) is 0. The zero-order valence-corrected chi connectivity index (χ0v) is 36.4. The van der Waals surface area contributed by atoms with Gasteiger partial charge in [0.15, 0.2) is 5.96 Å². The molecule has 7 amide bonds. The molecule has 2 aromatic carbocycles. The molecular formula is C46H66N10O7. The van der Waals surface area contributed by atoms with Crippen molar-refractivity contribution in [1.29, 1.82) is 0 Å². The molecule has 1 aliphatic carbocycles. The van der Waals surface area contributed by atoms with Gasteiger partial charge in [-0.2, -0.15) is 0 Å². The maximum Gasteiger partial charge on any atom is 0.245 e. The molecular weight excluding hydrogens is 805 g/mol. The molecule has 5 rings (SSSR count). The highest BCUT2D eigenvalue weighted by atomic mass is 16.2. The van der Waals surface area contributed by atoms with Crippen LogP contribution in [0.25, 0.3) is 0 Å². The second-order valence-corrected chi connectivity index (χ2v) is 17.0. The molecule has 2 aromatic rings. The van der Waals surface area contributed by atoms with Crippen molar-refractivity contribution in [2.24, 2.45) is 22.4 Å². The largest absolute Gasteiger partial charge is 0.370 e. The number of rotatable bonds is 14. The summed E-state index contributed by atoms with van der Waals surface area (Å²) in [6.45, 7) is 1.86. The summed E-state index contributed by atoms with van der Waals surface area (Å²) in [6, 6.07) is 12.6. The minimum Gasteiger partial charge on any atom is -0.370 e. The van der Waals surface area contributed by atoms with E-state index >= 15 is 0 Å². The lowest BCUT2D eigenvalue weighted by Gasteiger charge is -2.32. The van der Waals surface area contributed by atoms with Gasteiger partial charge < -0.3 is 48.3 Å². The van der Waals surface area contributed by atoms with E-state index in [-0.39, 0.29) is 63.6 Å². The zero-order valence-electron chi connectivity index (χ0n) is 36.4. The van der Waals surface area contributed by atoms with Gasteiger partial charge in [-0.25, -0.2) is 0 Å². The molecule has 2 aliphatic heterocycles. The van der Waals surface area contributed by atoms with Gasteiger partial charge in [-0.05, 0) is 74.8 Å². The number of fused-ring (bicyclic) bond motifs is 1. The van der Waals surface area contributed by atoms with Crippen LogP contribution in [-0.2, 0) is 46.4 Å². The lowest BCUT2D eigenvalue weighted by molar-refractivity contribution is -0.143. The Labute approximate surface area is 370 Å². The molecule has 6 atom stereocenters. The quantitative estimate of drug-likeness (QED) is 0.0771. The fraction of sp³-hybridized carbons (Fsp3) is 0.565. The third-order valence-electron chi connectivity index (χ3n) is 12.1. The van der Waals surface area contributed by atoms with Crippen molar-refractivity contribution in [1.82, 2.24) is 36.8 Å². The average Bonchev–Trinajstić information content (AvgIpc) is 3.77. The van der Waals surface area contributed by atoms with Crippen LogP contribution in [0.15, 0.2) is 65.7 Å². The van der Waals surface area contributed by atoms with Crippen molar-refractivity contribution in [2.75, 3.05) is 19.6 Å². The molecule has 3 fully saturated rings. The van der Waals surface area contributed by atoms with Crippen LogP contribution in [0.2, 0.25) is 0 Å². The van der Waals surface area contributed by atoms with Crippen LogP contribution in [-0.4, -0.2) is 108 Å². The average molecular weight is 871 g/mol. The third kappa shape index (κ3) is 15.4. The SMILES string of the molecule is CC(=O)N[C@@H](Cc1ccccc1)C(=O)N[C@H]1CCCNC(=O)[C@H](CCCN=C(N)N)NC(=O)[C@@H](CCc2ccccc2)NC(=O)[C@H](CC2CCCCC2)NC(=O)[C@@H]2CCCN2C1=O. The summed E-state index contributed by atoms with van der Waals surface area (Å²) >= 11 is 0. The number of amides is 7. The number of hydrogen-bond donors (Lipinski definition) is 8. The van der Waals surface area contributed by atoms with E-state index in [9.17, 15) is 33.6 Å². The highest BCUT2D eigenvalue weighted by Crippen LogP contribution is 2.28. The summed E-state index contributed by atoms with van der Waals surface area (Å²) in [5.41, 5.74) is 12.8. The molecule has 0 unspecified atom stereocenters. The molecule has 10 N–H and O–H groups in total. The number of hydrogen-bond acceptors (Lipinski definition) is 8. The first-order valence-electron chi connectivity index (χ1n) is 22.6. The smallest absolute Gasteiger partial charge is 0.245 e. The van der Waals surface area contributed by atoms with Gasteiger partial charge in [0.1, 0.15) is 36.3 Å². The van der Waals surface area contributed by atoms with E-state index in [2.05, 4.69) is 36.9 Å². The van der Waals surface area contributed by atoms with Crippen LogP contribution in [0, 0.1) is 5.92 Å². The fourth-order valence-corrected chi connectivity index (χ4v) is 8.78. The Morgan fingerprint density at radius 3 is 2.05 bits per heavy atom. The molecule has 2 saturated heterocycles. The summed E-state index contributed by atoms with van der Waals surface area (Å²) in [4.78, 5) is 103. The number of guanidine groups is 1. The summed E-state index contributed by atoms with van der Waals surface area (Å²) < 4.78 is 0. The second kappa shape index (κ2) is 24.6. The van der Waals surface area contributed by atoms with Crippen LogP contribution >= 0.6 is 0 Å². The molecule has 17 heteroatoms. The number of carbonyl (C=O) groups is 7. The van der Waals surface area contributed by atoms with Crippen LogP contribution in [0.1, 0.15) is 102 Å². The van der Waals surface area contributed by atoms with Crippen molar-refractivity contribution in [3.05, 3.63) is 71.8 Å². The number of nitrogens with zero attached hydrogens (tertiary/aromatic N) is 2. The van der Waals surface area contributed by atoms with Crippen LogP contribution in [0.3, 0.4) is 0 Å². The number of nitrogens with one attached hydrogen (secondary N) is 6. The minimum atomic E-state index is -1.12. The van der Waals surface area contributed by atoms with Crippen LogP contribution < -0.4 is 43.4 Å². The monoisotopic (exact) mass is 871 g/mol. The van der Waals surface area contributed by atoms with Gasteiger partial charge in [-0.1, -0.05) is 92.8 Å². The van der Waals surface area contributed by atoms with E-state index in [1.807, 2.05) is 60.7 Å². The second-order valence-electron chi connectivity index (χ2n) is 17.0. The van der Waals surface area contributed by atoms with E-state index in [4.69, 9.17) is 11.5 Å². The van der Waals surface area contributed by atoms with Crippen molar-refractivity contribution in [2.45, 2.75) is 139 Å². The summed E-state index contributed by atoms with van der Waals surface area (Å²) in [5, 5.41) is 17.3.